The minimum absolute atomic E-state index is 0.0189. The van der Waals surface area contributed by atoms with E-state index in [1.165, 1.54) is 0 Å². The maximum atomic E-state index is 12.4. The van der Waals surface area contributed by atoms with Crippen molar-refractivity contribution >= 4 is 17.5 Å². The first kappa shape index (κ1) is 18.5. The number of nitrogens with one attached hydrogen (secondary N) is 1. The molecule has 3 rings (SSSR count). The summed E-state index contributed by atoms with van der Waals surface area (Å²) in [5, 5.41) is 7.08. The van der Waals surface area contributed by atoms with E-state index < -0.39 is 0 Å². The van der Waals surface area contributed by atoms with Gasteiger partial charge in [0.1, 0.15) is 0 Å². The zero-order valence-electron chi connectivity index (χ0n) is 15.5. The third-order valence-electron chi connectivity index (χ3n) is 4.27. The van der Waals surface area contributed by atoms with Gasteiger partial charge in [-0.05, 0) is 43.2 Å². The first-order chi connectivity index (χ1) is 13.0. The van der Waals surface area contributed by atoms with Gasteiger partial charge in [0.2, 0.25) is 5.91 Å². The summed E-state index contributed by atoms with van der Waals surface area (Å²) in [5.74, 6) is 0.241. The van der Waals surface area contributed by atoms with Gasteiger partial charge in [-0.25, -0.2) is 0 Å². The number of hydrogen-bond acceptors (Lipinski definition) is 4. The van der Waals surface area contributed by atoms with Crippen molar-refractivity contribution in [3.05, 3.63) is 77.2 Å². The zero-order valence-corrected chi connectivity index (χ0v) is 15.5. The van der Waals surface area contributed by atoms with E-state index >= 15 is 0 Å². The van der Waals surface area contributed by atoms with Crippen molar-refractivity contribution in [2.45, 2.75) is 33.2 Å². The molecule has 0 bridgehead atoms. The SMILES string of the molecule is Cc1ccc(C)c(C(=O)CCC(=O)Nc2ccn(Cc3ccncc3)n2)c1. The number of hydrogen-bond donors (Lipinski definition) is 1. The van der Waals surface area contributed by atoms with Gasteiger partial charge in [0, 0.05) is 43.1 Å². The summed E-state index contributed by atoms with van der Waals surface area (Å²) in [4.78, 5) is 28.5. The smallest absolute Gasteiger partial charge is 0.226 e. The number of rotatable bonds is 7. The minimum atomic E-state index is -0.220. The molecule has 0 fully saturated rings. The van der Waals surface area contributed by atoms with Crippen molar-refractivity contribution in [2.24, 2.45) is 0 Å². The number of aromatic nitrogens is 3. The molecular formula is C21H22N4O2. The van der Waals surface area contributed by atoms with E-state index in [0.717, 1.165) is 16.7 Å². The molecule has 6 heteroatoms. The lowest BCUT2D eigenvalue weighted by molar-refractivity contribution is -0.116. The number of carbonyl (C=O) groups excluding carboxylic acids is 2. The van der Waals surface area contributed by atoms with Gasteiger partial charge in [-0.3, -0.25) is 19.3 Å². The molecule has 6 nitrogen and oxygen atoms in total. The Morgan fingerprint density at radius 2 is 1.81 bits per heavy atom. The summed E-state index contributed by atoms with van der Waals surface area (Å²) in [6.45, 7) is 4.46. The predicted molar refractivity (Wildman–Crippen MR) is 104 cm³/mol. The van der Waals surface area contributed by atoms with Crippen molar-refractivity contribution < 1.29 is 9.59 Å². The highest BCUT2D eigenvalue weighted by molar-refractivity contribution is 6.00. The van der Waals surface area contributed by atoms with Gasteiger partial charge in [0.15, 0.2) is 11.6 Å². The fourth-order valence-electron chi connectivity index (χ4n) is 2.79. The van der Waals surface area contributed by atoms with Crippen LogP contribution in [0.15, 0.2) is 55.0 Å². The standard InChI is InChI=1S/C21H22N4O2/c1-15-3-4-16(2)18(13-15)19(26)5-6-21(27)23-20-9-12-25(24-20)14-17-7-10-22-11-8-17/h3-4,7-13H,5-6,14H2,1-2H3,(H,23,24,27). The number of Topliss-reactive ketones (excluding diaryl/α,β-unsaturated/α-hetero) is 1. The van der Waals surface area contributed by atoms with E-state index in [1.54, 1.807) is 29.3 Å². The van der Waals surface area contributed by atoms with Crippen LogP contribution in [0.4, 0.5) is 5.82 Å². The van der Waals surface area contributed by atoms with Gasteiger partial charge in [0.05, 0.1) is 6.54 Å². The summed E-state index contributed by atoms with van der Waals surface area (Å²) >= 11 is 0. The molecule has 3 aromatic rings. The van der Waals surface area contributed by atoms with Crippen molar-refractivity contribution in [3.63, 3.8) is 0 Å². The van der Waals surface area contributed by atoms with Crippen LogP contribution >= 0.6 is 0 Å². The average Bonchev–Trinajstić information content (AvgIpc) is 3.09. The van der Waals surface area contributed by atoms with Gasteiger partial charge in [0.25, 0.3) is 0 Å². The zero-order chi connectivity index (χ0) is 19.2. The third kappa shape index (κ3) is 5.10. The fourth-order valence-corrected chi connectivity index (χ4v) is 2.79. The van der Waals surface area contributed by atoms with Gasteiger partial charge >= 0.3 is 0 Å². The Kier molecular flexibility index (Phi) is 5.76. The van der Waals surface area contributed by atoms with Crippen LogP contribution in [0, 0.1) is 13.8 Å². The molecular weight excluding hydrogens is 340 g/mol. The lowest BCUT2D eigenvalue weighted by atomic mass is 9.99. The van der Waals surface area contributed by atoms with Gasteiger partial charge in [-0.2, -0.15) is 5.10 Å². The second-order valence-corrected chi connectivity index (χ2v) is 6.54. The molecule has 1 N–H and O–H groups in total. The van der Waals surface area contributed by atoms with Gasteiger partial charge in [-0.1, -0.05) is 17.7 Å². The first-order valence-corrected chi connectivity index (χ1v) is 8.84. The van der Waals surface area contributed by atoms with Crippen LogP contribution in [0.3, 0.4) is 0 Å². The highest BCUT2D eigenvalue weighted by atomic mass is 16.2. The second kappa shape index (κ2) is 8.40. The van der Waals surface area contributed by atoms with Crippen molar-refractivity contribution in [3.8, 4) is 0 Å². The molecule has 0 spiro atoms. The summed E-state index contributed by atoms with van der Waals surface area (Å²) in [7, 11) is 0. The molecule has 0 unspecified atom stereocenters. The second-order valence-electron chi connectivity index (χ2n) is 6.54. The largest absolute Gasteiger partial charge is 0.309 e. The Labute approximate surface area is 158 Å². The summed E-state index contributed by atoms with van der Waals surface area (Å²) < 4.78 is 1.74. The molecule has 138 valence electrons. The van der Waals surface area contributed by atoms with E-state index in [4.69, 9.17) is 0 Å². The van der Waals surface area contributed by atoms with E-state index in [-0.39, 0.29) is 24.5 Å². The number of nitrogens with zero attached hydrogens (tertiary/aromatic N) is 3. The van der Waals surface area contributed by atoms with E-state index in [9.17, 15) is 9.59 Å². The number of ketones is 1. The van der Waals surface area contributed by atoms with Crippen LogP contribution in [-0.4, -0.2) is 26.5 Å². The Morgan fingerprint density at radius 3 is 2.59 bits per heavy atom. The summed E-state index contributed by atoms with van der Waals surface area (Å²) in [5.41, 5.74) is 3.73. The number of anilines is 1. The van der Waals surface area contributed by atoms with Crippen LogP contribution in [0.2, 0.25) is 0 Å². The number of aryl methyl sites for hydroxylation is 2. The molecule has 0 aliphatic rings. The van der Waals surface area contributed by atoms with Crippen LogP contribution in [0.1, 0.15) is 39.9 Å². The van der Waals surface area contributed by atoms with E-state index in [1.807, 2.05) is 44.2 Å². The number of carbonyl (C=O) groups is 2. The fraction of sp³-hybridized carbons (Fsp3) is 0.238. The molecule has 0 atom stereocenters. The molecule has 1 aromatic carbocycles. The monoisotopic (exact) mass is 362 g/mol. The number of benzene rings is 1. The topological polar surface area (TPSA) is 76.9 Å². The van der Waals surface area contributed by atoms with Gasteiger partial charge < -0.3 is 5.32 Å². The summed E-state index contributed by atoms with van der Waals surface area (Å²) in [6, 6.07) is 11.3. The molecule has 2 heterocycles. The Morgan fingerprint density at radius 1 is 1.04 bits per heavy atom. The Balaban J connectivity index is 1.52. The third-order valence-corrected chi connectivity index (χ3v) is 4.27. The van der Waals surface area contributed by atoms with Crippen LogP contribution in [0.25, 0.3) is 0 Å². The lowest BCUT2D eigenvalue weighted by Crippen LogP contribution is -2.14. The molecule has 0 radical (unpaired) electrons. The normalized spacial score (nSPS) is 10.6. The highest BCUT2D eigenvalue weighted by Crippen LogP contribution is 2.14. The van der Waals surface area contributed by atoms with Crippen LogP contribution in [-0.2, 0) is 11.3 Å². The molecule has 0 aliphatic heterocycles. The first-order valence-electron chi connectivity index (χ1n) is 8.84. The molecule has 27 heavy (non-hydrogen) atoms. The Bertz CT molecular complexity index is 948. The molecule has 2 aromatic heterocycles. The lowest BCUT2D eigenvalue weighted by Gasteiger charge is -2.06. The van der Waals surface area contributed by atoms with Crippen molar-refractivity contribution in [1.82, 2.24) is 14.8 Å². The Hall–Kier alpha value is -3.28. The van der Waals surface area contributed by atoms with Crippen molar-refractivity contribution in [1.29, 1.82) is 0 Å². The summed E-state index contributed by atoms with van der Waals surface area (Å²) in [6.07, 6.45) is 5.57. The van der Waals surface area contributed by atoms with Crippen LogP contribution < -0.4 is 5.32 Å². The minimum Gasteiger partial charge on any atom is -0.309 e. The maximum absolute atomic E-state index is 12.4. The van der Waals surface area contributed by atoms with E-state index in [0.29, 0.717) is 17.9 Å². The van der Waals surface area contributed by atoms with Crippen LogP contribution in [0.5, 0.6) is 0 Å². The molecule has 0 saturated carbocycles. The van der Waals surface area contributed by atoms with Crippen molar-refractivity contribution in [2.75, 3.05) is 5.32 Å². The number of amides is 1. The quantitative estimate of drug-likeness (QED) is 0.652. The van der Waals surface area contributed by atoms with Gasteiger partial charge in [-0.15, -0.1) is 0 Å². The van der Waals surface area contributed by atoms with E-state index in [2.05, 4.69) is 15.4 Å². The number of pyridine rings is 1. The maximum Gasteiger partial charge on any atom is 0.226 e. The molecule has 1 amide bonds. The predicted octanol–water partition coefficient (Wildman–Crippen LogP) is 3.54. The average molecular weight is 362 g/mol. The molecule has 0 aliphatic carbocycles. The highest BCUT2D eigenvalue weighted by Gasteiger charge is 2.13. The molecule has 0 saturated heterocycles.